The summed E-state index contributed by atoms with van der Waals surface area (Å²) in [5, 5.41) is 15.1. The Bertz CT molecular complexity index is 374. The third-order valence-electron chi connectivity index (χ3n) is 2.59. The van der Waals surface area contributed by atoms with Gasteiger partial charge in [0.25, 0.3) is 0 Å². The molecule has 1 heterocycles. The van der Waals surface area contributed by atoms with Gasteiger partial charge in [0.1, 0.15) is 17.5 Å². The van der Waals surface area contributed by atoms with Gasteiger partial charge in [0.2, 0.25) is 0 Å². The van der Waals surface area contributed by atoms with Crippen molar-refractivity contribution in [1.29, 1.82) is 0 Å². The van der Waals surface area contributed by atoms with Crippen LogP contribution in [-0.4, -0.2) is 48.0 Å². The van der Waals surface area contributed by atoms with Gasteiger partial charge in [-0.2, -0.15) is 0 Å². The van der Waals surface area contributed by atoms with E-state index in [2.05, 4.69) is 34.4 Å². The average Bonchev–Trinajstić information content (AvgIpc) is 2.45. The molecule has 0 aliphatic rings. The highest BCUT2D eigenvalue weighted by atomic mass is 16.5. The number of hydrogen-bond donors (Lipinski definition) is 3. The number of aliphatic hydroxyl groups excluding tert-OH is 1. The van der Waals surface area contributed by atoms with Crippen molar-refractivity contribution in [2.24, 2.45) is 0 Å². The fraction of sp³-hybridized carbons (Fsp3) is 0.714. The predicted molar refractivity (Wildman–Crippen MR) is 81.2 cm³/mol. The zero-order valence-corrected chi connectivity index (χ0v) is 12.5. The molecule has 0 spiro atoms. The molecule has 0 aliphatic carbocycles. The predicted octanol–water partition coefficient (Wildman–Crippen LogP) is 1.67. The van der Waals surface area contributed by atoms with Crippen molar-refractivity contribution in [3.63, 3.8) is 0 Å². The lowest BCUT2D eigenvalue weighted by Crippen LogP contribution is -2.14. The van der Waals surface area contributed by atoms with Gasteiger partial charge >= 0.3 is 0 Å². The van der Waals surface area contributed by atoms with Crippen molar-refractivity contribution >= 4 is 11.6 Å². The molecule has 1 rings (SSSR count). The largest absolute Gasteiger partial charge is 0.394 e. The summed E-state index contributed by atoms with van der Waals surface area (Å²) in [4.78, 5) is 8.97. The molecule has 0 radical (unpaired) electrons. The minimum absolute atomic E-state index is 0.0548. The van der Waals surface area contributed by atoms with E-state index < -0.39 is 0 Å². The van der Waals surface area contributed by atoms with E-state index in [-0.39, 0.29) is 6.61 Å². The Morgan fingerprint density at radius 1 is 1.05 bits per heavy atom. The summed E-state index contributed by atoms with van der Waals surface area (Å²) >= 11 is 0. The van der Waals surface area contributed by atoms with E-state index in [4.69, 9.17) is 9.84 Å². The topological polar surface area (TPSA) is 79.3 Å². The maximum Gasteiger partial charge on any atom is 0.133 e. The van der Waals surface area contributed by atoms with Crippen molar-refractivity contribution in [2.45, 2.75) is 33.1 Å². The van der Waals surface area contributed by atoms with Crippen LogP contribution in [0.5, 0.6) is 0 Å². The minimum Gasteiger partial charge on any atom is -0.394 e. The third-order valence-corrected chi connectivity index (χ3v) is 2.59. The summed E-state index contributed by atoms with van der Waals surface area (Å²) in [6.45, 7) is 6.78. The van der Waals surface area contributed by atoms with E-state index in [0.29, 0.717) is 19.8 Å². The molecule has 0 saturated heterocycles. The van der Waals surface area contributed by atoms with Gasteiger partial charge in [0.15, 0.2) is 0 Å². The van der Waals surface area contributed by atoms with Gasteiger partial charge in [-0.15, -0.1) is 0 Å². The summed E-state index contributed by atoms with van der Waals surface area (Å²) in [5.74, 6) is 2.53. The highest BCUT2D eigenvalue weighted by Crippen LogP contribution is 2.12. The normalized spacial score (nSPS) is 10.6. The Hall–Kier alpha value is -1.40. The summed E-state index contributed by atoms with van der Waals surface area (Å²) in [7, 11) is 0. The van der Waals surface area contributed by atoms with Crippen LogP contribution in [-0.2, 0) is 11.2 Å². The summed E-state index contributed by atoms with van der Waals surface area (Å²) in [6, 6.07) is 1.92. The Labute approximate surface area is 121 Å². The molecule has 0 saturated carbocycles. The van der Waals surface area contributed by atoms with Gasteiger partial charge in [0, 0.05) is 25.6 Å². The van der Waals surface area contributed by atoms with Crippen molar-refractivity contribution < 1.29 is 9.84 Å². The number of ether oxygens (including phenoxy) is 1. The Morgan fingerprint density at radius 2 is 1.75 bits per heavy atom. The van der Waals surface area contributed by atoms with Crippen molar-refractivity contribution in [3.05, 3.63) is 11.9 Å². The Morgan fingerprint density at radius 3 is 2.35 bits per heavy atom. The number of aromatic nitrogens is 2. The van der Waals surface area contributed by atoms with Crippen LogP contribution in [0.15, 0.2) is 6.07 Å². The molecule has 0 aliphatic heterocycles. The van der Waals surface area contributed by atoms with E-state index in [1.807, 2.05) is 6.07 Å². The second kappa shape index (κ2) is 10.4. The second-order valence-corrected chi connectivity index (χ2v) is 4.49. The van der Waals surface area contributed by atoms with E-state index in [1.165, 1.54) is 0 Å². The first-order chi connectivity index (χ1) is 9.80. The molecule has 0 aromatic carbocycles. The van der Waals surface area contributed by atoms with Gasteiger partial charge in [0.05, 0.1) is 19.8 Å². The molecule has 0 atom stereocenters. The van der Waals surface area contributed by atoms with Crippen LogP contribution >= 0.6 is 0 Å². The fourth-order valence-electron chi connectivity index (χ4n) is 1.68. The fourth-order valence-corrected chi connectivity index (χ4v) is 1.68. The average molecular weight is 282 g/mol. The van der Waals surface area contributed by atoms with Crippen molar-refractivity contribution in [1.82, 2.24) is 9.97 Å². The first-order valence-corrected chi connectivity index (χ1v) is 7.34. The maximum atomic E-state index is 8.62. The molecule has 6 nitrogen and oxygen atoms in total. The molecule has 1 aromatic rings. The van der Waals surface area contributed by atoms with E-state index >= 15 is 0 Å². The second-order valence-electron chi connectivity index (χ2n) is 4.49. The lowest BCUT2D eigenvalue weighted by atomic mass is 10.3. The van der Waals surface area contributed by atoms with Crippen LogP contribution in [0.4, 0.5) is 11.6 Å². The zero-order valence-electron chi connectivity index (χ0n) is 12.5. The van der Waals surface area contributed by atoms with Crippen LogP contribution in [0.3, 0.4) is 0 Å². The maximum absolute atomic E-state index is 8.62. The highest BCUT2D eigenvalue weighted by Gasteiger charge is 2.03. The number of rotatable bonds is 11. The molecular weight excluding hydrogens is 256 g/mol. The molecule has 6 heteroatoms. The number of aliphatic hydroxyl groups is 1. The molecule has 1 aromatic heterocycles. The molecule has 0 unspecified atom stereocenters. The molecule has 0 fully saturated rings. The number of aryl methyl sites for hydroxylation is 1. The van der Waals surface area contributed by atoms with E-state index in [0.717, 1.165) is 43.3 Å². The Kier molecular flexibility index (Phi) is 8.66. The molecule has 3 N–H and O–H groups in total. The van der Waals surface area contributed by atoms with Crippen molar-refractivity contribution in [3.8, 4) is 0 Å². The van der Waals surface area contributed by atoms with Crippen LogP contribution in [0.25, 0.3) is 0 Å². The van der Waals surface area contributed by atoms with Crippen molar-refractivity contribution in [2.75, 3.05) is 43.5 Å². The van der Waals surface area contributed by atoms with E-state index in [1.54, 1.807) is 0 Å². The summed E-state index contributed by atoms with van der Waals surface area (Å²) in [6.07, 6.45) is 2.96. The first-order valence-electron chi connectivity index (χ1n) is 7.34. The number of hydrogen-bond acceptors (Lipinski definition) is 6. The van der Waals surface area contributed by atoms with Gasteiger partial charge in [-0.25, -0.2) is 9.97 Å². The molecule has 114 valence electrons. The van der Waals surface area contributed by atoms with Crippen LogP contribution in [0.2, 0.25) is 0 Å². The first kappa shape index (κ1) is 16.7. The summed E-state index contributed by atoms with van der Waals surface area (Å²) in [5.41, 5.74) is 0. The van der Waals surface area contributed by atoms with Gasteiger partial charge in [-0.05, 0) is 12.8 Å². The lowest BCUT2D eigenvalue weighted by Gasteiger charge is -2.11. The van der Waals surface area contributed by atoms with Crippen LogP contribution < -0.4 is 10.6 Å². The lowest BCUT2D eigenvalue weighted by molar-refractivity contribution is 0.0992. The standard InChI is InChI=1S/C14H26N4O2/c1-3-5-12-17-13(15-6-4-2)11-14(18-12)16-7-9-20-10-8-19/h11,19H,3-10H2,1-2H3,(H2,15,16,17,18). The minimum atomic E-state index is 0.0548. The quantitative estimate of drug-likeness (QED) is 0.536. The third kappa shape index (κ3) is 6.68. The Balaban J connectivity index is 2.55. The van der Waals surface area contributed by atoms with E-state index in [9.17, 15) is 0 Å². The smallest absolute Gasteiger partial charge is 0.133 e. The number of nitrogens with one attached hydrogen (secondary N) is 2. The molecule has 20 heavy (non-hydrogen) atoms. The van der Waals surface area contributed by atoms with Crippen LogP contribution in [0, 0.1) is 0 Å². The molecule has 0 amide bonds. The zero-order chi connectivity index (χ0) is 14.6. The SMILES string of the molecule is CCCNc1cc(NCCOCCO)nc(CCC)n1. The monoisotopic (exact) mass is 282 g/mol. The number of anilines is 2. The van der Waals surface area contributed by atoms with Gasteiger partial charge in [-0.3, -0.25) is 0 Å². The van der Waals surface area contributed by atoms with Crippen LogP contribution in [0.1, 0.15) is 32.5 Å². The highest BCUT2D eigenvalue weighted by molar-refractivity contribution is 5.47. The molecular formula is C14H26N4O2. The molecule has 0 bridgehead atoms. The van der Waals surface area contributed by atoms with Gasteiger partial charge in [-0.1, -0.05) is 13.8 Å². The number of nitrogens with zero attached hydrogens (tertiary/aromatic N) is 2. The van der Waals surface area contributed by atoms with Gasteiger partial charge < -0.3 is 20.5 Å². The summed E-state index contributed by atoms with van der Waals surface area (Å²) < 4.78 is 5.21.